The number of rotatable bonds is 5. The van der Waals surface area contributed by atoms with Crippen LogP contribution in [0, 0.1) is 6.92 Å². The van der Waals surface area contributed by atoms with Gasteiger partial charge < -0.3 is 5.32 Å². The van der Waals surface area contributed by atoms with Crippen LogP contribution in [-0.4, -0.2) is 14.3 Å². The zero-order valence-electron chi connectivity index (χ0n) is 14.4. The second-order valence-electron chi connectivity index (χ2n) is 5.96. The van der Waals surface area contributed by atoms with E-state index >= 15 is 0 Å². The molecule has 138 valence electrons. The molecule has 0 bridgehead atoms. The summed E-state index contributed by atoms with van der Waals surface area (Å²) in [6.45, 7) is 1.95. The standard InChI is InChI=1S/C20H17BrN2O3S/c1-14-2-4-15(5-3-14)20(24)22-17-10-12-19(13-11-17)27(25,26)23-18-8-6-16(21)7-9-18/h2-13,23H,1H3,(H,22,24). The molecule has 3 rings (SSSR count). The average molecular weight is 445 g/mol. The van der Waals surface area contributed by atoms with Gasteiger partial charge in [-0.15, -0.1) is 0 Å². The predicted molar refractivity (Wildman–Crippen MR) is 111 cm³/mol. The van der Waals surface area contributed by atoms with Crippen LogP contribution in [0.15, 0.2) is 82.2 Å². The number of carbonyl (C=O) groups is 1. The van der Waals surface area contributed by atoms with Crippen molar-refractivity contribution in [2.75, 3.05) is 10.0 Å². The van der Waals surface area contributed by atoms with Crippen LogP contribution in [-0.2, 0) is 10.0 Å². The lowest BCUT2D eigenvalue weighted by Crippen LogP contribution is -2.14. The third-order valence-corrected chi connectivity index (χ3v) is 5.76. The van der Waals surface area contributed by atoms with Crippen molar-refractivity contribution >= 4 is 43.2 Å². The lowest BCUT2D eigenvalue weighted by atomic mass is 10.1. The first-order chi connectivity index (χ1) is 12.8. The molecule has 3 aromatic carbocycles. The van der Waals surface area contributed by atoms with Crippen molar-refractivity contribution in [3.05, 3.63) is 88.4 Å². The smallest absolute Gasteiger partial charge is 0.261 e. The number of sulfonamides is 1. The Morgan fingerprint density at radius 2 is 1.37 bits per heavy atom. The van der Waals surface area contributed by atoms with Crippen LogP contribution >= 0.6 is 15.9 Å². The molecule has 2 N–H and O–H groups in total. The lowest BCUT2D eigenvalue weighted by Gasteiger charge is -2.10. The molecule has 0 aromatic heterocycles. The van der Waals surface area contributed by atoms with E-state index in [1.807, 2.05) is 19.1 Å². The maximum absolute atomic E-state index is 12.5. The number of hydrogen-bond acceptors (Lipinski definition) is 3. The van der Waals surface area contributed by atoms with Gasteiger partial charge in [-0.3, -0.25) is 9.52 Å². The number of halogens is 1. The summed E-state index contributed by atoms with van der Waals surface area (Å²) >= 11 is 3.31. The molecule has 1 amide bonds. The van der Waals surface area contributed by atoms with E-state index in [-0.39, 0.29) is 10.8 Å². The molecule has 0 saturated heterocycles. The molecule has 0 unspecified atom stereocenters. The topological polar surface area (TPSA) is 75.3 Å². The first kappa shape index (κ1) is 19.1. The van der Waals surface area contributed by atoms with Gasteiger partial charge in [-0.05, 0) is 67.6 Å². The van der Waals surface area contributed by atoms with Crippen LogP contribution in [0.2, 0.25) is 0 Å². The number of nitrogens with one attached hydrogen (secondary N) is 2. The van der Waals surface area contributed by atoms with E-state index in [0.717, 1.165) is 10.0 Å². The van der Waals surface area contributed by atoms with Crippen molar-refractivity contribution in [1.82, 2.24) is 0 Å². The van der Waals surface area contributed by atoms with Crippen molar-refractivity contribution in [3.8, 4) is 0 Å². The largest absolute Gasteiger partial charge is 0.322 e. The van der Waals surface area contributed by atoms with Crippen molar-refractivity contribution < 1.29 is 13.2 Å². The highest BCUT2D eigenvalue weighted by Gasteiger charge is 2.14. The molecule has 0 heterocycles. The number of amides is 1. The van der Waals surface area contributed by atoms with Gasteiger partial charge in [0.2, 0.25) is 0 Å². The van der Waals surface area contributed by atoms with Crippen LogP contribution in [0.25, 0.3) is 0 Å². The van der Waals surface area contributed by atoms with Crippen LogP contribution in [0.4, 0.5) is 11.4 Å². The van der Waals surface area contributed by atoms with Crippen molar-refractivity contribution in [2.45, 2.75) is 11.8 Å². The minimum atomic E-state index is -3.71. The minimum Gasteiger partial charge on any atom is -0.322 e. The summed E-state index contributed by atoms with van der Waals surface area (Å²) in [4.78, 5) is 12.3. The zero-order valence-corrected chi connectivity index (χ0v) is 16.8. The van der Waals surface area contributed by atoms with Gasteiger partial charge in [0.1, 0.15) is 0 Å². The van der Waals surface area contributed by atoms with E-state index in [0.29, 0.717) is 16.9 Å². The van der Waals surface area contributed by atoms with Gasteiger partial charge in [0.25, 0.3) is 15.9 Å². The zero-order chi connectivity index (χ0) is 19.4. The summed E-state index contributed by atoms with van der Waals surface area (Å²) in [7, 11) is -3.71. The highest BCUT2D eigenvalue weighted by molar-refractivity contribution is 9.10. The molecule has 0 fully saturated rings. The van der Waals surface area contributed by atoms with Crippen molar-refractivity contribution in [1.29, 1.82) is 0 Å². The van der Waals surface area contributed by atoms with Gasteiger partial charge >= 0.3 is 0 Å². The summed E-state index contributed by atoms with van der Waals surface area (Å²) in [6.07, 6.45) is 0. The maximum Gasteiger partial charge on any atom is 0.261 e. The third kappa shape index (κ3) is 4.96. The Hall–Kier alpha value is -2.64. The SMILES string of the molecule is Cc1ccc(C(=O)Nc2ccc(S(=O)(=O)Nc3ccc(Br)cc3)cc2)cc1. The highest BCUT2D eigenvalue weighted by atomic mass is 79.9. The van der Waals surface area contributed by atoms with Crippen LogP contribution in [0.5, 0.6) is 0 Å². The fraction of sp³-hybridized carbons (Fsp3) is 0.0500. The molecular weight excluding hydrogens is 428 g/mol. The Labute approximate surface area is 166 Å². The Balaban J connectivity index is 1.71. The van der Waals surface area contributed by atoms with E-state index < -0.39 is 10.0 Å². The van der Waals surface area contributed by atoms with Crippen molar-refractivity contribution in [2.24, 2.45) is 0 Å². The van der Waals surface area contributed by atoms with Crippen LogP contribution in [0.3, 0.4) is 0 Å². The first-order valence-corrected chi connectivity index (χ1v) is 10.4. The number of hydrogen-bond donors (Lipinski definition) is 2. The van der Waals surface area contributed by atoms with E-state index in [9.17, 15) is 13.2 Å². The highest BCUT2D eigenvalue weighted by Crippen LogP contribution is 2.20. The van der Waals surface area contributed by atoms with Crippen LogP contribution in [0.1, 0.15) is 15.9 Å². The molecule has 3 aromatic rings. The maximum atomic E-state index is 12.5. The number of benzene rings is 3. The summed E-state index contributed by atoms with van der Waals surface area (Å²) in [5.41, 5.74) is 2.59. The van der Waals surface area contributed by atoms with E-state index in [4.69, 9.17) is 0 Å². The Morgan fingerprint density at radius 1 is 0.815 bits per heavy atom. The number of anilines is 2. The Kier molecular flexibility index (Phi) is 5.62. The Bertz CT molecular complexity index is 1050. The second-order valence-corrected chi connectivity index (χ2v) is 8.55. The molecule has 0 aliphatic heterocycles. The quantitative estimate of drug-likeness (QED) is 0.592. The third-order valence-electron chi connectivity index (χ3n) is 3.83. The molecule has 27 heavy (non-hydrogen) atoms. The fourth-order valence-corrected chi connectivity index (χ4v) is 3.68. The summed E-state index contributed by atoms with van der Waals surface area (Å²) < 4.78 is 28.3. The van der Waals surface area contributed by atoms with E-state index in [2.05, 4.69) is 26.0 Å². The molecule has 0 saturated carbocycles. The van der Waals surface area contributed by atoms with Gasteiger partial charge in [-0.1, -0.05) is 33.6 Å². The average Bonchev–Trinajstić information content (AvgIpc) is 2.64. The molecule has 7 heteroatoms. The fourth-order valence-electron chi connectivity index (χ4n) is 2.36. The molecule has 0 spiro atoms. The monoisotopic (exact) mass is 444 g/mol. The first-order valence-electron chi connectivity index (χ1n) is 8.10. The molecule has 0 radical (unpaired) electrons. The lowest BCUT2D eigenvalue weighted by molar-refractivity contribution is 0.102. The predicted octanol–water partition coefficient (Wildman–Crippen LogP) is 4.81. The second kappa shape index (κ2) is 7.94. The molecule has 0 atom stereocenters. The van der Waals surface area contributed by atoms with E-state index in [1.54, 1.807) is 48.5 Å². The molecule has 0 aliphatic carbocycles. The molecule has 5 nitrogen and oxygen atoms in total. The number of aryl methyl sites for hydroxylation is 1. The van der Waals surface area contributed by atoms with Crippen molar-refractivity contribution in [3.63, 3.8) is 0 Å². The molecular formula is C20H17BrN2O3S. The van der Waals surface area contributed by atoms with Gasteiger partial charge in [0.15, 0.2) is 0 Å². The van der Waals surface area contributed by atoms with Gasteiger partial charge in [-0.25, -0.2) is 8.42 Å². The summed E-state index contributed by atoms with van der Waals surface area (Å²) in [6, 6.07) is 20.1. The minimum absolute atomic E-state index is 0.110. The summed E-state index contributed by atoms with van der Waals surface area (Å²) in [5.74, 6) is -0.251. The summed E-state index contributed by atoms with van der Waals surface area (Å²) in [5, 5.41) is 2.75. The molecule has 0 aliphatic rings. The van der Waals surface area contributed by atoms with Crippen LogP contribution < -0.4 is 10.0 Å². The van der Waals surface area contributed by atoms with E-state index in [1.165, 1.54) is 12.1 Å². The van der Waals surface area contributed by atoms with Gasteiger partial charge in [0.05, 0.1) is 4.90 Å². The Morgan fingerprint density at radius 3 is 1.96 bits per heavy atom. The van der Waals surface area contributed by atoms with Gasteiger partial charge in [-0.2, -0.15) is 0 Å². The number of carbonyl (C=O) groups excluding carboxylic acids is 1. The van der Waals surface area contributed by atoms with Gasteiger partial charge in [0, 0.05) is 21.4 Å². The normalized spacial score (nSPS) is 11.0.